The second kappa shape index (κ2) is 9.76. The largest absolute Gasteiger partial charge is 0.497 e. The lowest BCUT2D eigenvalue weighted by atomic mass is 9.89. The van der Waals surface area contributed by atoms with E-state index >= 15 is 0 Å². The number of ether oxygens (including phenoxy) is 2. The predicted octanol–water partition coefficient (Wildman–Crippen LogP) is 4.03. The van der Waals surface area contributed by atoms with Gasteiger partial charge in [0.1, 0.15) is 24.1 Å². The molecular weight excluding hydrogens is 380 g/mol. The normalized spacial score (nSPS) is 17.6. The van der Waals surface area contributed by atoms with Gasteiger partial charge in [-0.2, -0.15) is 0 Å². The Labute approximate surface area is 178 Å². The van der Waals surface area contributed by atoms with E-state index in [1.54, 1.807) is 7.11 Å². The fourth-order valence-corrected chi connectivity index (χ4v) is 3.96. The molecule has 1 atom stereocenters. The first-order chi connectivity index (χ1) is 14.5. The molecule has 6 nitrogen and oxygen atoms in total. The third-order valence-electron chi connectivity index (χ3n) is 5.62. The van der Waals surface area contributed by atoms with E-state index in [1.165, 1.54) is 7.11 Å². The molecule has 1 fully saturated rings. The highest BCUT2D eigenvalue weighted by molar-refractivity contribution is 6.06. The Morgan fingerprint density at radius 2 is 1.80 bits per heavy atom. The summed E-state index contributed by atoms with van der Waals surface area (Å²) in [7, 11) is 3.08. The maximum atomic E-state index is 12.3. The van der Waals surface area contributed by atoms with Crippen LogP contribution in [0.25, 0.3) is 0 Å². The van der Waals surface area contributed by atoms with Gasteiger partial charge in [0, 0.05) is 5.56 Å². The average molecular weight is 411 g/mol. The van der Waals surface area contributed by atoms with Gasteiger partial charge in [-0.1, -0.05) is 47.6 Å². The summed E-state index contributed by atoms with van der Waals surface area (Å²) in [4.78, 5) is 20.3. The molecule has 30 heavy (non-hydrogen) atoms. The molecule has 1 saturated heterocycles. The van der Waals surface area contributed by atoms with E-state index in [9.17, 15) is 4.79 Å². The van der Waals surface area contributed by atoms with Crippen molar-refractivity contribution in [3.8, 4) is 5.75 Å². The predicted molar refractivity (Wildman–Crippen MR) is 117 cm³/mol. The molecule has 0 bridgehead atoms. The molecule has 6 heteroatoms. The van der Waals surface area contributed by atoms with Crippen LogP contribution >= 0.6 is 0 Å². The highest BCUT2D eigenvalue weighted by atomic mass is 16.6. The summed E-state index contributed by atoms with van der Waals surface area (Å²) < 4.78 is 10.2. The van der Waals surface area contributed by atoms with Crippen LogP contribution in [0.3, 0.4) is 0 Å². The Hall–Kier alpha value is -2.86. The molecule has 1 aliphatic rings. The van der Waals surface area contributed by atoms with Gasteiger partial charge in [-0.25, -0.2) is 0 Å². The number of hydrogen-bond acceptors (Lipinski definition) is 6. The van der Waals surface area contributed by atoms with Crippen LogP contribution in [0.1, 0.15) is 37.8 Å². The Balaban J connectivity index is 1.86. The molecule has 0 aliphatic carbocycles. The van der Waals surface area contributed by atoms with E-state index in [0.29, 0.717) is 6.61 Å². The lowest BCUT2D eigenvalue weighted by molar-refractivity contribution is -0.147. The van der Waals surface area contributed by atoms with Crippen LogP contribution in [-0.2, 0) is 21.0 Å². The number of likely N-dealkylation sites (tertiary alicyclic amines) is 1. The van der Waals surface area contributed by atoms with Crippen LogP contribution in [0, 0.1) is 0 Å². The van der Waals surface area contributed by atoms with Crippen molar-refractivity contribution in [1.82, 2.24) is 4.90 Å². The van der Waals surface area contributed by atoms with Crippen molar-refractivity contribution in [3.05, 3.63) is 65.7 Å². The molecule has 1 heterocycles. The lowest BCUT2D eigenvalue weighted by Crippen LogP contribution is -2.55. The minimum atomic E-state index is -0.517. The third-order valence-corrected chi connectivity index (χ3v) is 5.62. The minimum Gasteiger partial charge on any atom is -0.497 e. The van der Waals surface area contributed by atoms with Crippen LogP contribution in [0.15, 0.2) is 59.8 Å². The number of nitrogens with zero attached hydrogens (tertiary/aromatic N) is 2. The molecule has 2 aromatic carbocycles. The van der Waals surface area contributed by atoms with E-state index in [1.807, 2.05) is 54.6 Å². The second-order valence-corrected chi connectivity index (χ2v) is 7.86. The summed E-state index contributed by atoms with van der Waals surface area (Å²) in [6, 6.07) is 17.4. The van der Waals surface area contributed by atoms with Crippen molar-refractivity contribution < 1.29 is 19.1 Å². The SMILES string of the molecule is COC(=O)C1CCCN1C(C)(C)C(=NOCc1ccc(OC)cc1)c1ccccc1. The molecule has 0 amide bonds. The standard InChI is InChI=1S/C24H30N2O4/c1-24(2,26-16-8-11-21(26)23(27)29-4)22(19-9-6-5-7-10-19)25-30-17-18-12-14-20(28-3)15-13-18/h5-7,9-10,12-15,21H,8,11,16-17H2,1-4H3. The Morgan fingerprint density at radius 1 is 1.10 bits per heavy atom. The number of oxime groups is 1. The van der Waals surface area contributed by atoms with E-state index in [4.69, 9.17) is 14.3 Å². The maximum Gasteiger partial charge on any atom is 0.323 e. The fourth-order valence-electron chi connectivity index (χ4n) is 3.96. The monoisotopic (exact) mass is 410 g/mol. The van der Waals surface area contributed by atoms with Crippen LogP contribution in [0.4, 0.5) is 0 Å². The van der Waals surface area contributed by atoms with Crippen LogP contribution in [0.5, 0.6) is 5.75 Å². The lowest BCUT2D eigenvalue weighted by Gasteiger charge is -2.39. The molecule has 1 unspecified atom stereocenters. The number of methoxy groups -OCH3 is 2. The van der Waals surface area contributed by atoms with Gasteiger partial charge in [0.25, 0.3) is 0 Å². The summed E-state index contributed by atoms with van der Waals surface area (Å²) in [6.07, 6.45) is 1.73. The van der Waals surface area contributed by atoms with Crippen molar-refractivity contribution in [2.75, 3.05) is 20.8 Å². The Kier molecular flexibility index (Phi) is 7.11. The zero-order chi connectivity index (χ0) is 21.6. The first-order valence-corrected chi connectivity index (χ1v) is 10.2. The van der Waals surface area contributed by atoms with Gasteiger partial charge in [0.15, 0.2) is 0 Å². The summed E-state index contributed by atoms with van der Waals surface area (Å²) >= 11 is 0. The first kappa shape index (κ1) is 21.8. The molecule has 2 aromatic rings. The van der Waals surface area contributed by atoms with Gasteiger partial charge in [-0.15, -0.1) is 0 Å². The van der Waals surface area contributed by atoms with E-state index in [2.05, 4.69) is 23.9 Å². The Bertz CT molecular complexity index is 863. The number of carbonyl (C=O) groups excluding carboxylic acids is 1. The molecule has 0 radical (unpaired) electrons. The average Bonchev–Trinajstić information content (AvgIpc) is 3.28. The molecule has 0 saturated carbocycles. The van der Waals surface area contributed by atoms with E-state index in [-0.39, 0.29) is 12.0 Å². The molecule has 3 rings (SSSR count). The summed E-state index contributed by atoms with van der Waals surface area (Å²) in [6.45, 7) is 5.31. The number of benzene rings is 2. The highest BCUT2D eigenvalue weighted by Gasteiger charge is 2.43. The Morgan fingerprint density at radius 3 is 2.43 bits per heavy atom. The van der Waals surface area contributed by atoms with Crippen molar-refractivity contribution in [2.24, 2.45) is 5.16 Å². The van der Waals surface area contributed by atoms with E-state index < -0.39 is 5.54 Å². The van der Waals surface area contributed by atoms with Gasteiger partial charge in [0.05, 0.1) is 19.8 Å². The van der Waals surface area contributed by atoms with Crippen molar-refractivity contribution in [3.63, 3.8) is 0 Å². The van der Waals surface area contributed by atoms with Gasteiger partial charge in [-0.05, 0) is 50.9 Å². The first-order valence-electron chi connectivity index (χ1n) is 10.2. The van der Waals surface area contributed by atoms with Crippen LogP contribution in [-0.4, -0.2) is 48.9 Å². The molecule has 0 aromatic heterocycles. The van der Waals surface area contributed by atoms with Crippen LogP contribution < -0.4 is 4.74 Å². The zero-order valence-electron chi connectivity index (χ0n) is 18.1. The molecular formula is C24H30N2O4. The third kappa shape index (κ3) is 4.82. The van der Waals surface area contributed by atoms with Gasteiger partial charge < -0.3 is 14.3 Å². The number of carbonyl (C=O) groups is 1. The molecule has 1 aliphatic heterocycles. The second-order valence-electron chi connectivity index (χ2n) is 7.86. The molecule has 0 N–H and O–H groups in total. The molecule has 160 valence electrons. The number of rotatable bonds is 8. The number of hydrogen-bond donors (Lipinski definition) is 0. The summed E-state index contributed by atoms with van der Waals surface area (Å²) in [5, 5.41) is 4.56. The van der Waals surface area contributed by atoms with Gasteiger partial charge in [0.2, 0.25) is 0 Å². The fraction of sp³-hybridized carbons (Fsp3) is 0.417. The molecule has 0 spiro atoms. The minimum absolute atomic E-state index is 0.202. The summed E-state index contributed by atoms with van der Waals surface area (Å²) in [5.74, 6) is 0.600. The maximum absolute atomic E-state index is 12.3. The summed E-state index contributed by atoms with van der Waals surface area (Å²) in [5.41, 5.74) is 2.23. The van der Waals surface area contributed by atoms with Gasteiger partial charge >= 0.3 is 5.97 Å². The highest BCUT2D eigenvalue weighted by Crippen LogP contribution is 2.31. The zero-order valence-corrected chi connectivity index (χ0v) is 18.1. The van der Waals surface area contributed by atoms with Crippen LogP contribution in [0.2, 0.25) is 0 Å². The van der Waals surface area contributed by atoms with Crippen molar-refractivity contribution in [2.45, 2.75) is 44.9 Å². The number of esters is 1. The van der Waals surface area contributed by atoms with Gasteiger partial charge in [-0.3, -0.25) is 9.69 Å². The topological polar surface area (TPSA) is 60.4 Å². The van der Waals surface area contributed by atoms with Crippen molar-refractivity contribution >= 4 is 11.7 Å². The smallest absolute Gasteiger partial charge is 0.323 e. The van der Waals surface area contributed by atoms with E-state index in [0.717, 1.165) is 42.0 Å². The van der Waals surface area contributed by atoms with Crippen molar-refractivity contribution in [1.29, 1.82) is 0 Å². The quantitative estimate of drug-likeness (QED) is 0.374.